The average molecular weight is 1110 g/mol. The zero-order chi connectivity index (χ0) is 57.2. The Kier molecular flexibility index (Phi) is 56.0. The molecule has 7 unspecified atom stereocenters. The van der Waals surface area contributed by atoms with Crippen LogP contribution in [0.2, 0.25) is 0 Å². The van der Waals surface area contributed by atoms with E-state index in [9.17, 15) is 30.3 Å². The fourth-order valence-corrected chi connectivity index (χ4v) is 10.7. The first-order valence-corrected chi connectivity index (χ1v) is 34.0. The van der Waals surface area contributed by atoms with E-state index in [2.05, 4.69) is 67.8 Å². The van der Waals surface area contributed by atoms with E-state index in [0.29, 0.717) is 6.42 Å². The van der Waals surface area contributed by atoms with Gasteiger partial charge in [-0.15, -0.1) is 0 Å². The summed E-state index contributed by atoms with van der Waals surface area (Å²) in [5, 5.41) is 54.7. The zero-order valence-corrected chi connectivity index (χ0v) is 51.6. The summed E-state index contributed by atoms with van der Waals surface area (Å²) in [7, 11) is 0. The van der Waals surface area contributed by atoms with Crippen LogP contribution in [0.25, 0.3) is 0 Å². The topological polar surface area (TPSA) is 149 Å². The van der Waals surface area contributed by atoms with Gasteiger partial charge in [0.1, 0.15) is 24.4 Å². The highest BCUT2D eigenvalue weighted by Gasteiger charge is 2.44. The number of ether oxygens (including phenoxy) is 2. The predicted molar refractivity (Wildman–Crippen MR) is 336 cm³/mol. The van der Waals surface area contributed by atoms with Crippen LogP contribution in [0.1, 0.15) is 322 Å². The molecule has 462 valence electrons. The third-order valence-electron chi connectivity index (χ3n) is 16.0. The summed E-state index contributed by atoms with van der Waals surface area (Å²) < 4.78 is 11.3. The highest BCUT2D eigenvalue weighted by molar-refractivity contribution is 5.76. The standard InChI is InChI=1S/C70H129NO8/c1-3-5-7-9-11-13-15-17-19-21-23-25-27-29-30-31-32-33-34-36-38-40-42-44-46-48-50-52-54-56-58-60-66(74)71-63(62-78-70-69(77)68(76)67(75)65(61-72)79-70)64(73)59-57-55-53-51-49-47-45-43-41-39-37-35-28-26-24-22-20-18-16-14-12-10-8-6-4-2/h23,25,29-30,41,43,49,51,57,59,63-65,67-70,72-73,75-77H,3-22,24,26-28,31-40,42,44-48,50,52-56,58,60-62H2,1-2H3,(H,71,74)/b25-23-,30-29-,43-41+,51-49+,59-57+. The van der Waals surface area contributed by atoms with E-state index >= 15 is 0 Å². The number of hydrogen-bond donors (Lipinski definition) is 6. The molecule has 0 aliphatic carbocycles. The van der Waals surface area contributed by atoms with Crippen molar-refractivity contribution in [3.63, 3.8) is 0 Å². The van der Waals surface area contributed by atoms with Crippen LogP contribution < -0.4 is 5.32 Å². The number of allylic oxidation sites excluding steroid dienone is 9. The number of nitrogens with one attached hydrogen (secondary N) is 1. The summed E-state index contributed by atoms with van der Waals surface area (Å²) in [6.07, 6.45) is 74.6. The van der Waals surface area contributed by atoms with E-state index in [1.165, 1.54) is 250 Å². The van der Waals surface area contributed by atoms with Gasteiger partial charge in [0.25, 0.3) is 0 Å². The highest BCUT2D eigenvalue weighted by atomic mass is 16.7. The summed E-state index contributed by atoms with van der Waals surface area (Å²) in [4.78, 5) is 13.1. The first kappa shape index (κ1) is 74.9. The van der Waals surface area contributed by atoms with Crippen LogP contribution in [-0.2, 0) is 14.3 Å². The number of aliphatic hydroxyl groups excluding tert-OH is 5. The molecule has 0 radical (unpaired) electrons. The fraction of sp³-hybridized carbons (Fsp3) is 0.843. The Morgan fingerprint density at radius 1 is 0.430 bits per heavy atom. The SMILES string of the molecule is CCCCCCCCCCC/C=C\C/C=C\CCCCCCCCCCCCCCCCCC(=O)NC(COC1OC(CO)C(O)C(O)C1O)C(O)/C=C/CC/C=C/CC/C=C/CCCCCCCCCCCCCCCCC. The van der Waals surface area contributed by atoms with Crippen molar-refractivity contribution in [1.29, 1.82) is 0 Å². The number of rotatable bonds is 59. The molecule has 6 N–H and O–H groups in total. The molecule has 1 fully saturated rings. The number of hydrogen-bond acceptors (Lipinski definition) is 8. The molecule has 1 saturated heterocycles. The second-order valence-corrected chi connectivity index (χ2v) is 23.6. The Bertz CT molecular complexity index is 1430. The van der Waals surface area contributed by atoms with Crippen molar-refractivity contribution >= 4 is 5.91 Å². The molecule has 9 nitrogen and oxygen atoms in total. The molecule has 9 heteroatoms. The van der Waals surface area contributed by atoms with Gasteiger partial charge in [-0.1, -0.05) is 299 Å². The maximum atomic E-state index is 13.1. The van der Waals surface area contributed by atoms with Crippen LogP contribution >= 0.6 is 0 Å². The van der Waals surface area contributed by atoms with Crippen LogP contribution in [0.3, 0.4) is 0 Å². The Balaban J connectivity index is 2.17. The van der Waals surface area contributed by atoms with Crippen LogP contribution in [0.15, 0.2) is 60.8 Å². The number of unbranched alkanes of at least 4 members (excludes halogenated alkanes) is 41. The highest BCUT2D eigenvalue weighted by Crippen LogP contribution is 2.23. The number of carbonyl (C=O) groups is 1. The largest absolute Gasteiger partial charge is 0.394 e. The van der Waals surface area contributed by atoms with Gasteiger partial charge in [-0.05, 0) is 77.0 Å². The summed E-state index contributed by atoms with van der Waals surface area (Å²) in [6, 6.07) is -0.831. The Labute approximate surface area is 487 Å². The van der Waals surface area contributed by atoms with Crippen LogP contribution in [-0.4, -0.2) is 87.5 Å². The van der Waals surface area contributed by atoms with Gasteiger partial charge in [-0.25, -0.2) is 0 Å². The molecule has 7 atom stereocenters. The van der Waals surface area contributed by atoms with Gasteiger partial charge in [0.15, 0.2) is 6.29 Å². The molecule has 1 amide bonds. The molecule has 1 rings (SSSR count). The van der Waals surface area contributed by atoms with Gasteiger partial charge >= 0.3 is 0 Å². The minimum atomic E-state index is -1.58. The van der Waals surface area contributed by atoms with Gasteiger partial charge in [-0.2, -0.15) is 0 Å². The lowest BCUT2D eigenvalue weighted by atomic mass is 9.99. The van der Waals surface area contributed by atoms with Crippen LogP contribution in [0, 0.1) is 0 Å². The minimum Gasteiger partial charge on any atom is -0.394 e. The fourth-order valence-electron chi connectivity index (χ4n) is 10.7. The Morgan fingerprint density at radius 3 is 1.14 bits per heavy atom. The summed E-state index contributed by atoms with van der Waals surface area (Å²) in [6.45, 7) is 3.79. The second-order valence-electron chi connectivity index (χ2n) is 23.6. The summed E-state index contributed by atoms with van der Waals surface area (Å²) >= 11 is 0. The molecule has 0 bridgehead atoms. The molecule has 0 spiro atoms. The Morgan fingerprint density at radius 2 is 0.759 bits per heavy atom. The zero-order valence-electron chi connectivity index (χ0n) is 51.6. The molecule has 1 heterocycles. The smallest absolute Gasteiger partial charge is 0.220 e. The van der Waals surface area contributed by atoms with E-state index < -0.39 is 49.5 Å². The first-order chi connectivity index (χ1) is 38.8. The van der Waals surface area contributed by atoms with Gasteiger partial charge in [0.05, 0.1) is 25.4 Å². The maximum Gasteiger partial charge on any atom is 0.220 e. The molecular formula is C70H129NO8. The van der Waals surface area contributed by atoms with Gasteiger partial charge < -0.3 is 40.3 Å². The third-order valence-corrected chi connectivity index (χ3v) is 16.0. The molecular weight excluding hydrogens is 983 g/mol. The molecule has 0 aromatic carbocycles. The van der Waals surface area contributed by atoms with E-state index in [0.717, 1.165) is 51.4 Å². The van der Waals surface area contributed by atoms with Crippen LogP contribution in [0.4, 0.5) is 0 Å². The summed E-state index contributed by atoms with van der Waals surface area (Å²) in [5.41, 5.74) is 0. The first-order valence-electron chi connectivity index (χ1n) is 34.0. The van der Waals surface area contributed by atoms with Crippen molar-refractivity contribution in [2.75, 3.05) is 13.2 Å². The number of aliphatic hydroxyl groups is 5. The predicted octanol–water partition coefficient (Wildman–Crippen LogP) is 18.2. The minimum absolute atomic E-state index is 0.188. The van der Waals surface area contributed by atoms with Gasteiger partial charge in [-0.3, -0.25) is 4.79 Å². The average Bonchev–Trinajstić information content (AvgIpc) is 3.47. The molecule has 1 aliphatic heterocycles. The van der Waals surface area contributed by atoms with Crippen LogP contribution in [0.5, 0.6) is 0 Å². The lowest BCUT2D eigenvalue weighted by Crippen LogP contribution is -2.60. The van der Waals surface area contributed by atoms with Crippen molar-refractivity contribution < 1.29 is 39.8 Å². The normalized spacial score (nSPS) is 18.9. The van der Waals surface area contributed by atoms with Crippen molar-refractivity contribution in [3.05, 3.63) is 60.8 Å². The van der Waals surface area contributed by atoms with Gasteiger partial charge in [0.2, 0.25) is 5.91 Å². The van der Waals surface area contributed by atoms with E-state index in [-0.39, 0.29) is 12.5 Å². The lowest BCUT2D eigenvalue weighted by molar-refractivity contribution is -0.302. The lowest BCUT2D eigenvalue weighted by Gasteiger charge is -2.40. The third kappa shape index (κ3) is 48.0. The van der Waals surface area contributed by atoms with Crippen molar-refractivity contribution in [2.45, 2.75) is 365 Å². The quantitative estimate of drug-likeness (QED) is 0.0261. The molecule has 0 aromatic heterocycles. The van der Waals surface area contributed by atoms with E-state index in [1.807, 2.05) is 6.08 Å². The maximum absolute atomic E-state index is 13.1. The van der Waals surface area contributed by atoms with Crippen molar-refractivity contribution in [1.82, 2.24) is 5.32 Å². The molecule has 0 aromatic rings. The molecule has 0 saturated carbocycles. The molecule has 79 heavy (non-hydrogen) atoms. The van der Waals surface area contributed by atoms with Crippen molar-refractivity contribution in [3.8, 4) is 0 Å². The molecule has 1 aliphatic rings. The van der Waals surface area contributed by atoms with Gasteiger partial charge in [0, 0.05) is 6.42 Å². The number of amides is 1. The monoisotopic (exact) mass is 1110 g/mol. The number of carbonyl (C=O) groups excluding carboxylic acids is 1. The second kappa shape index (κ2) is 59.1. The van der Waals surface area contributed by atoms with E-state index in [1.54, 1.807) is 6.08 Å². The Hall–Kier alpha value is -2.11. The summed E-state index contributed by atoms with van der Waals surface area (Å²) in [5.74, 6) is -0.188. The van der Waals surface area contributed by atoms with Crippen molar-refractivity contribution in [2.24, 2.45) is 0 Å². The van der Waals surface area contributed by atoms with E-state index in [4.69, 9.17) is 9.47 Å².